The van der Waals surface area contributed by atoms with Crippen LogP contribution < -0.4 is 10.0 Å². The zero-order valence-electron chi connectivity index (χ0n) is 15.2. The first-order valence-corrected chi connectivity index (χ1v) is 11.8. The fourth-order valence-corrected chi connectivity index (χ4v) is 4.74. The van der Waals surface area contributed by atoms with Crippen LogP contribution in [0.1, 0.15) is 20.8 Å². The van der Waals surface area contributed by atoms with Crippen molar-refractivity contribution in [3.05, 3.63) is 86.3 Å². The monoisotopic (exact) mass is 496 g/mol. The maximum absolute atomic E-state index is 13.8. The van der Waals surface area contributed by atoms with Crippen LogP contribution in [0, 0.1) is 5.82 Å². The third kappa shape index (κ3) is 5.96. The zero-order valence-corrected chi connectivity index (χ0v) is 18.4. The SMILES string of the molecule is O=C(NCc1cc(Br)ccc1F)c1ccc(S(=O)(=O)NCCc2cccs2)cc1. The van der Waals surface area contributed by atoms with Crippen molar-refractivity contribution in [3.63, 3.8) is 0 Å². The number of carbonyl (C=O) groups excluding carboxylic acids is 1. The number of benzene rings is 2. The van der Waals surface area contributed by atoms with E-state index in [4.69, 9.17) is 0 Å². The van der Waals surface area contributed by atoms with Gasteiger partial charge in [-0.15, -0.1) is 11.3 Å². The van der Waals surface area contributed by atoms with Gasteiger partial charge < -0.3 is 5.32 Å². The first-order chi connectivity index (χ1) is 13.8. The Morgan fingerprint density at radius 3 is 2.55 bits per heavy atom. The van der Waals surface area contributed by atoms with Crippen LogP contribution in [-0.2, 0) is 23.0 Å². The molecule has 0 fully saturated rings. The van der Waals surface area contributed by atoms with E-state index in [1.165, 1.54) is 30.3 Å². The fourth-order valence-electron chi connectivity index (χ4n) is 2.59. The Morgan fingerprint density at radius 1 is 1.10 bits per heavy atom. The minimum atomic E-state index is -3.65. The standard InChI is InChI=1S/C20H18BrFN2O3S2/c21-16-5-8-19(22)15(12-16)13-23-20(25)14-3-6-18(7-4-14)29(26,27)24-10-9-17-2-1-11-28-17/h1-8,11-12,24H,9-10,13H2,(H,23,25). The number of amides is 1. The van der Waals surface area contributed by atoms with Gasteiger partial charge in [0.15, 0.2) is 0 Å². The number of rotatable bonds is 8. The van der Waals surface area contributed by atoms with Crippen molar-refractivity contribution in [2.75, 3.05) is 6.54 Å². The van der Waals surface area contributed by atoms with Crippen molar-refractivity contribution in [3.8, 4) is 0 Å². The van der Waals surface area contributed by atoms with Gasteiger partial charge in [0.25, 0.3) is 5.91 Å². The Balaban J connectivity index is 1.58. The highest BCUT2D eigenvalue weighted by Gasteiger charge is 2.15. The smallest absolute Gasteiger partial charge is 0.251 e. The molecule has 2 N–H and O–H groups in total. The summed E-state index contributed by atoms with van der Waals surface area (Å²) in [5.74, 6) is -0.831. The number of halogens is 2. The second-order valence-electron chi connectivity index (χ2n) is 6.17. The predicted molar refractivity (Wildman–Crippen MR) is 115 cm³/mol. The molecule has 0 spiro atoms. The average molecular weight is 497 g/mol. The fraction of sp³-hybridized carbons (Fsp3) is 0.150. The van der Waals surface area contributed by atoms with Gasteiger partial charge in [0.2, 0.25) is 10.0 Å². The number of carbonyl (C=O) groups is 1. The van der Waals surface area contributed by atoms with E-state index in [-0.39, 0.29) is 17.0 Å². The molecular formula is C20H18BrFN2O3S2. The van der Waals surface area contributed by atoms with Crippen LogP contribution in [0.2, 0.25) is 0 Å². The minimum absolute atomic E-state index is 0.0223. The quantitative estimate of drug-likeness (QED) is 0.492. The summed E-state index contributed by atoms with van der Waals surface area (Å²) in [6.45, 7) is 0.317. The molecular weight excluding hydrogens is 479 g/mol. The molecule has 1 heterocycles. The van der Waals surface area contributed by atoms with Crippen molar-refractivity contribution in [2.24, 2.45) is 0 Å². The van der Waals surface area contributed by atoms with E-state index in [0.29, 0.717) is 23.0 Å². The molecule has 3 rings (SSSR count). The van der Waals surface area contributed by atoms with Crippen LogP contribution in [0.15, 0.2) is 69.3 Å². The van der Waals surface area contributed by atoms with E-state index < -0.39 is 21.7 Å². The Hall–Kier alpha value is -2.07. The molecule has 5 nitrogen and oxygen atoms in total. The van der Waals surface area contributed by atoms with Gasteiger partial charge in [0.1, 0.15) is 5.82 Å². The minimum Gasteiger partial charge on any atom is -0.348 e. The molecule has 0 unspecified atom stereocenters. The molecule has 0 aliphatic carbocycles. The summed E-state index contributed by atoms with van der Waals surface area (Å²) in [6, 6.07) is 14.0. The van der Waals surface area contributed by atoms with Crippen molar-refractivity contribution < 1.29 is 17.6 Å². The van der Waals surface area contributed by atoms with Gasteiger partial charge in [-0.2, -0.15) is 0 Å². The van der Waals surface area contributed by atoms with Crippen molar-refractivity contribution in [1.82, 2.24) is 10.0 Å². The highest BCUT2D eigenvalue weighted by atomic mass is 79.9. The largest absolute Gasteiger partial charge is 0.348 e. The second-order valence-corrected chi connectivity index (χ2v) is 9.88. The van der Waals surface area contributed by atoms with Crippen LogP contribution in [0.25, 0.3) is 0 Å². The molecule has 0 saturated heterocycles. The van der Waals surface area contributed by atoms with E-state index in [9.17, 15) is 17.6 Å². The molecule has 0 aliphatic rings. The van der Waals surface area contributed by atoms with Crippen molar-refractivity contribution in [2.45, 2.75) is 17.9 Å². The summed E-state index contributed by atoms with van der Waals surface area (Å²) >= 11 is 4.84. The lowest BCUT2D eigenvalue weighted by Crippen LogP contribution is -2.26. The van der Waals surface area contributed by atoms with Gasteiger partial charge in [-0.25, -0.2) is 17.5 Å². The summed E-state index contributed by atoms with van der Waals surface area (Å²) in [5.41, 5.74) is 0.639. The van der Waals surface area contributed by atoms with Gasteiger partial charge in [0.05, 0.1) is 4.90 Å². The summed E-state index contributed by atoms with van der Waals surface area (Å²) < 4.78 is 41.8. The molecule has 9 heteroatoms. The molecule has 2 aromatic carbocycles. The topological polar surface area (TPSA) is 75.3 Å². The Bertz CT molecular complexity index is 1090. The maximum atomic E-state index is 13.8. The molecule has 0 radical (unpaired) electrons. The molecule has 0 bridgehead atoms. The molecule has 0 atom stereocenters. The molecule has 0 saturated carbocycles. The van der Waals surface area contributed by atoms with Gasteiger partial charge >= 0.3 is 0 Å². The Kier molecular flexibility index (Phi) is 7.18. The van der Waals surface area contributed by atoms with Crippen LogP contribution in [0.4, 0.5) is 4.39 Å². The lowest BCUT2D eigenvalue weighted by atomic mass is 10.2. The molecule has 29 heavy (non-hydrogen) atoms. The summed E-state index contributed by atoms with van der Waals surface area (Å²) in [5, 5.41) is 4.57. The van der Waals surface area contributed by atoms with Crippen molar-refractivity contribution in [1.29, 1.82) is 0 Å². The van der Waals surface area contributed by atoms with Gasteiger partial charge in [-0.3, -0.25) is 4.79 Å². The average Bonchev–Trinajstić information content (AvgIpc) is 3.22. The molecule has 3 aromatic rings. The first-order valence-electron chi connectivity index (χ1n) is 8.69. The van der Waals surface area contributed by atoms with Gasteiger partial charge in [-0.1, -0.05) is 22.0 Å². The molecule has 1 aromatic heterocycles. The van der Waals surface area contributed by atoms with Gasteiger partial charge in [-0.05, 0) is 60.3 Å². The number of hydrogen-bond acceptors (Lipinski definition) is 4. The molecule has 152 valence electrons. The molecule has 1 amide bonds. The lowest BCUT2D eigenvalue weighted by Gasteiger charge is -2.09. The van der Waals surface area contributed by atoms with Crippen LogP contribution in [-0.4, -0.2) is 20.9 Å². The highest BCUT2D eigenvalue weighted by Crippen LogP contribution is 2.16. The first kappa shape index (κ1) is 21.6. The van der Waals surface area contributed by atoms with Crippen LogP contribution in [0.3, 0.4) is 0 Å². The number of hydrogen-bond donors (Lipinski definition) is 2. The van der Waals surface area contributed by atoms with E-state index in [2.05, 4.69) is 26.0 Å². The van der Waals surface area contributed by atoms with Gasteiger partial charge in [0, 0.05) is 33.6 Å². The third-order valence-electron chi connectivity index (χ3n) is 4.12. The number of thiophene rings is 1. The van der Waals surface area contributed by atoms with Crippen LogP contribution >= 0.6 is 27.3 Å². The van der Waals surface area contributed by atoms with E-state index in [1.807, 2.05) is 17.5 Å². The lowest BCUT2D eigenvalue weighted by molar-refractivity contribution is 0.0950. The highest BCUT2D eigenvalue weighted by molar-refractivity contribution is 9.10. The van der Waals surface area contributed by atoms with Crippen LogP contribution in [0.5, 0.6) is 0 Å². The Labute approximate surface area is 181 Å². The normalized spacial score (nSPS) is 11.4. The summed E-state index contributed by atoms with van der Waals surface area (Å²) in [7, 11) is -3.65. The number of sulfonamides is 1. The third-order valence-corrected chi connectivity index (χ3v) is 7.02. The van der Waals surface area contributed by atoms with E-state index in [0.717, 1.165) is 4.88 Å². The van der Waals surface area contributed by atoms with Crippen molar-refractivity contribution >= 4 is 43.2 Å². The summed E-state index contributed by atoms with van der Waals surface area (Å²) in [4.78, 5) is 13.4. The van der Waals surface area contributed by atoms with E-state index >= 15 is 0 Å². The zero-order chi connectivity index (χ0) is 20.9. The number of nitrogens with one attached hydrogen (secondary N) is 2. The predicted octanol–water partition coefficient (Wildman–Crippen LogP) is 4.10. The van der Waals surface area contributed by atoms with E-state index in [1.54, 1.807) is 23.5 Å². The Morgan fingerprint density at radius 2 is 1.86 bits per heavy atom. The maximum Gasteiger partial charge on any atom is 0.251 e. The summed E-state index contributed by atoms with van der Waals surface area (Å²) in [6.07, 6.45) is 0.615. The molecule has 0 aliphatic heterocycles. The second kappa shape index (κ2) is 9.62.